The molecule has 0 saturated carbocycles. The zero-order chi connectivity index (χ0) is 20.5. The quantitative estimate of drug-likeness (QED) is 0.555. The van der Waals surface area contributed by atoms with Gasteiger partial charge in [0, 0.05) is 27.8 Å². The van der Waals surface area contributed by atoms with Crippen LogP contribution in [0.4, 0.5) is 14.7 Å². The number of rotatable bonds is 7. The van der Waals surface area contributed by atoms with Crippen molar-refractivity contribution in [2.45, 2.75) is 32.4 Å². The summed E-state index contributed by atoms with van der Waals surface area (Å²) in [5.74, 6) is -3.38. The number of carboxylic acid groups (broad SMARTS) is 1. The van der Waals surface area contributed by atoms with E-state index in [-0.39, 0.29) is 23.3 Å². The SMILES string of the molecule is C[Si](C)(C)CCOCn1c(N2CCOCC2)nc2c(F)c(F)cc(C(=O)O)c21. The molecule has 1 N–H and O–H groups in total. The number of aromatic nitrogens is 2. The predicted molar refractivity (Wildman–Crippen MR) is 104 cm³/mol. The van der Waals surface area contributed by atoms with E-state index in [9.17, 15) is 18.7 Å². The number of carbonyl (C=O) groups is 1. The van der Waals surface area contributed by atoms with Gasteiger partial charge in [-0.3, -0.25) is 4.57 Å². The van der Waals surface area contributed by atoms with Crippen LogP contribution >= 0.6 is 0 Å². The third-order valence-electron chi connectivity index (χ3n) is 4.63. The van der Waals surface area contributed by atoms with Crippen LogP contribution in [0.1, 0.15) is 10.4 Å². The van der Waals surface area contributed by atoms with Crippen molar-refractivity contribution in [2.24, 2.45) is 0 Å². The van der Waals surface area contributed by atoms with Crippen molar-refractivity contribution < 1.29 is 28.2 Å². The minimum atomic E-state index is -1.35. The van der Waals surface area contributed by atoms with Gasteiger partial charge >= 0.3 is 5.97 Å². The van der Waals surface area contributed by atoms with Gasteiger partial charge in [-0.05, 0) is 12.1 Å². The van der Waals surface area contributed by atoms with Gasteiger partial charge in [0.1, 0.15) is 12.2 Å². The van der Waals surface area contributed by atoms with Gasteiger partial charge in [0.05, 0.1) is 24.3 Å². The zero-order valence-corrected chi connectivity index (χ0v) is 17.3. The smallest absolute Gasteiger partial charge is 0.338 e. The fraction of sp³-hybridized carbons (Fsp3) is 0.556. The van der Waals surface area contributed by atoms with Crippen LogP contribution in [0.5, 0.6) is 0 Å². The lowest BCUT2D eigenvalue weighted by atomic mass is 10.1. The van der Waals surface area contributed by atoms with E-state index < -0.39 is 25.7 Å². The molecule has 1 aromatic carbocycles. The van der Waals surface area contributed by atoms with E-state index in [0.717, 1.165) is 6.04 Å². The van der Waals surface area contributed by atoms with Crippen LogP contribution in [0.3, 0.4) is 0 Å². The highest BCUT2D eigenvalue weighted by Crippen LogP contribution is 2.30. The Bertz CT molecular complexity index is 876. The fourth-order valence-corrected chi connectivity index (χ4v) is 3.82. The van der Waals surface area contributed by atoms with Crippen LogP contribution < -0.4 is 4.90 Å². The van der Waals surface area contributed by atoms with Gasteiger partial charge in [-0.2, -0.15) is 0 Å². The molecule has 0 spiro atoms. The number of halogens is 2. The minimum Gasteiger partial charge on any atom is -0.478 e. The van der Waals surface area contributed by atoms with Gasteiger partial charge in [-0.1, -0.05) is 19.6 Å². The molecule has 1 aliphatic heterocycles. The first-order valence-electron chi connectivity index (χ1n) is 9.21. The molecule has 1 aliphatic rings. The number of fused-ring (bicyclic) bond motifs is 1. The normalized spacial score (nSPS) is 15.4. The number of ether oxygens (including phenoxy) is 2. The Labute approximate surface area is 162 Å². The molecular weight excluding hydrogens is 388 g/mol. The van der Waals surface area contributed by atoms with Crippen molar-refractivity contribution in [2.75, 3.05) is 37.8 Å². The summed E-state index contributed by atoms with van der Waals surface area (Å²) in [5, 5.41) is 9.52. The number of hydrogen-bond donors (Lipinski definition) is 1. The molecule has 28 heavy (non-hydrogen) atoms. The van der Waals surface area contributed by atoms with Crippen molar-refractivity contribution in [3.63, 3.8) is 0 Å². The number of imidazole rings is 1. The first-order chi connectivity index (χ1) is 13.2. The number of benzene rings is 1. The second-order valence-corrected chi connectivity index (χ2v) is 13.6. The summed E-state index contributed by atoms with van der Waals surface area (Å²) in [6, 6.07) is 1.63. The predicted octanol–water partition coefficient (Wildman–Crippen LogP) is 3.16. The first-order valence-corrected chi connectivity index (χ1v) is 12.9. The highest BCUT2D eigenvalue weighted by Gasteiger charge is 2.27. The molecule has 1 saturated heterocycles. The summed E-state index contributed by atoms with van der Waals surface area (Å²) >= 11 is 0. The Kier molecular flexibility index (Phi) is 6.01. The number of carboxylic acids is 1. The number of aromatic carboxylic acids is 1. The van der Waals surface area contributed by atoms with Crippen LogP contribution in [0.2, 0.25) is 25.7 Å². The van der Waals surface area contributed by atoms with Crippen LogP contribution in [-0.2, 0) is 16.2 Å². The van der Waals surface area contributed by atoms with Crippen molar-refractivity contribution in [1.29, 1.82) is 0 Å². The maximum Gasteiger partial charge on any atom is 0.338 e. The molecule has 10 heteroatoms. The topological polar surface area (TPSA) is 76.8 Å². The van der Waals surface area contributed by atoms with E-state index in [1.165, 1.54) is 4.57 Å². The Morgan fingerprint density at radius 3 is 2.61 bits per heavy atom. The average Bonchev–Trinajstić information content (AvgIpc) is 3.01. The van der Waals surface area contributed by atoms with Gasteiger partial charge < -0.3 is 19.5 Å². The molecule has 2 aromatic rings. The molecule has 0 radical (unpaired) electrons. The van der Waals surface area contributed by atoms with E-state index in [4.69, 9.17) is 9.47 Å². The van der Waals surface area contributed by atoms with Gasteiger partial charge in [0.2, 0.25) is 5.95 Å². The molecule has 154 valence electrons. The van der Waals surface area contributed by atoms with E-state index >= 15 is 0 Å². The molecule has 7 nitrogen and oxygen atoms in total. The molecule has 3 rings (SSSR count). The van der Waals surface area contributed by atoms with Crippen molar-refractivity contribution >= 4 is 31.0 Å². The number of anilines is 1. The monoisotopic (exact) mass is 413 g/mol. The lowest BCUT2D eigenvalue weighted by Crippen LogP contribution is -2.38. The molecular formula is C18H25F2N3O4Si. The Hall–Kier alpha value is -2.04. The van der Waals surface area contributed by atoms with Crippen molar-refractivity contribution in [3.8, 4) is 0 Å². The van der Waals surface area contributed by atoms with Gasteiger partial charge in [-0.25, -0.2) is 18.6 Å². The summed E-state index contributed by atoms with van der Waals surface area (Å²) in [5.41, 5.74) is -0.608. The summed E-state index contributed by atoms with van der Waals surface area (Å²) in [7, 11) is -1.30. The van der Waals surface area contributed by atoms with Gasteiger partial charge in [-0.15, -0.1) is 0 Å². The minimum absolute atomic E-state index is 0.0129. The largest absolute Gasteiger partial charge is 0.478 e. The Balaban J connectivity index is 2.05. The molecule has 2 heterocycles. The van der Waals surface area contributed by atoms with E-state index in [1.807, 2.05) is 4.90 Å². The Morgan fingerprint density at radius 1 is 1.32 bits per heavy atom. The van der Waals surface area contributed by atoms with E-state index in [2.05, 4.69) is 24.6 Å². The highest BCUT2D eigenvalue weighted by molar-refractivity contribution is 6.76. The summed E-state index contributed by atoms with van der Waals surface area (Å²) in [6.07, 6.45) is 0. The van der Waals surface area contributed by atoms with Crippen LogP contribution in [0, 0.1) is 11.6 Å². The number of morpholine rings is 1. The zero-order valence-electron chi connectivity index (χ0n) is 16.3. The lowest BCUT2D eigenvalue weighted by molar-refractivity contribution is 0.0695. The third kappa shape index (κ3) is 4.34. The first kappa shape index (κ1) is 20.7. The maximum absolute atomic E-state index is 14.4. The van der Waals surface area contributed by atoms with Crippen LogP contribution in [0.15, 0.2) is 6.07 Å². The van der Waals surface area contributed by atoms with Crippen molar-refractivity contribution in [1.82, 2.24) is 9.55 Å². The average molecular weight is 413 g/mol. The van der Waals surface area contributed by atoms with Gasteiger partial charge in [0.25, 0.3) is 0 Å². The number of nitrogens with zero attached hydrogens (tertiary/aromatic N) is 3. The highest BCUT2D eigenvalue weighted by atomic mass is 28.3. The standard InChI is InChI=1S/C18H25F2N3O4Si/c1-28(2,3)9-8-27-11-23-16-12(17(24)25)10-13(19)14(20)15(16)21-18(23)22-4-6-26-7-5-22/h10H,4-9,11H2,1-3H3,(H,24,25). The van der Waals surface area contributed by atoms with Crippen molar-refractivity contribution in [3.05, 3.63) is 23.3 Å². The molecule has 0 amide bonds. The Morgan fingerprint density at radius 2 is 2.00 bits per heavy atom. The fourth-order valence-electron chi connectivity index (χ4n) is 3.06. The summed E-state index contributed by atoms with van der Waals surface area (Å²) < 4.78 is 41.0. The molecule has 0 bridgehead atoms. The summed E-state index contributed by atoms with van der Waals surface area (Å²) in [4.78, 5) is 17.8. The lowest BCUT2D eigenvalue weighted by Gasteiger charge is -2.28. The molecule has 0 unspecified atom stereocenters. The van der Waals surface area contributed by atoms with Gasteiger partial charge in [0.15, 0.2) is 11.6 Å². The van der Waals surface area contributed by atoms with E-state index in [1.54, 1.807) is 0 Å². The number of hydrogen-bond acceptors (Lipinski definition) is 5. The molecule has 1 aromatic heterocycles. The van der Waals surface area contributed by atoms with Crippen LogP contribution in [-0.4, -0.2) is 61.6 Å². The molecule has 0 aliphatic carbocycles. The molecule has 1 fully saturated rings. The second-order valence-electron chi connectivity index (χ2n) is 8.01. The summed E-state index contributed by atoms with van der Waals surface area (Å²) in [6.45, 7) is 9.18. The molecule has 0 atom stereocenters. The van der Waals surface area contributed by atoms with E-state index in [0.29, 0.717) is 44.9 Å². The third-order valence-corrected chi connectivity index (χ3v) is 6.34. The van der Waals surface area contributed by atoms with Crippen LogP contribution in [0.25, 0.3) is 11.0 Å². The second kappa shape index (κ2) is 8.14. The maximum atomic E-state index is 14.4.